The molecule has 0 aliphatic carbocycles. The van der Waals surface area contributed by atoms with Crippen molar-refractivity contribution in [1.82, 2.24) is 0 Å². The molecule has 7 heteroatoms. The molecule has 21 heavy (non-hydrogen) atoms. The van der Waals surface area contributed by atoms with Gasteiger partial charge in [0.2, 0.25) is 0 Å². The summed E-state index contributed by atoms with van der Waals surface area (Å²) in [6, 6.07) is 0. The van der Waals surface area contributed by atoms with E-state index in [1.54, 1.807) is 0 Å². The fourth-order valence-electron chi connectivity index (χ4n) is 2.07. The van der Waals surface area contributed by atoms with E-state index in [9.17, 15) is 4.79 Å². The minimum atomic E-state index is -0.869. The smallest absolute Gasteiger partial charge is 2.00 e. The van der Waals surface area contributed by atoms with E-state index in [2.05, 4.69) is 0 Å². The van der Waals surface area contributed by atoms with Crippen molar-refractivity contribution in [3.8, 4) is 0 Å². The van der Waals surface area contributed by atoms with E-state index in [1.165, 1.54) is 0 Å². The molecular formula is C14H30FeO5Si. The van der Waals surface area contributed by atoms with Crippen LogP contribution in [0.15, 0.2) is 0 Å². The van der Waals surface area contributed by atoms with Crippen molar-refractivity contribution in [2.75, 3.05) is 19.8 Å². The van der Waals surface area contributed by atoms with E-state index in [4.69, 9.17) is 14.2 Å². The second-order valence-electron chi connectivity index (χ2n) is 4.60. The second kappa shape index (κ2) is 16.6. The van der Waals surface area contributed by atoms with Crippen LogP contribution in [0, 0.1) is 0 Å². The number of hydrogen-bond acceptors (Lipinski definition) is 4. The second-order valence-corrected chi connectivity index (χ2v) is 5.71. The van der Waals surface area contributed by atoms with Gasteiger partial charge in [0, 0.05) is 32.7 Å². The van der Waals surface area contributed by atoms with Crippen LogP contribution >= 0.6 is 0 Å². The largest absolute Gasteiger partial charge is 2.00 e. The summed E-state index contributed by atoms with van der Waals surface area (Å²) in [6.45, 7) is 7.58. The van der Waals surface area contributed by atoms with E-state index < -0.39 is 5.97 Å². The van der Waals surface area contributed by atoms with Crippen LogP contribution in [0.4, 0.5) is 0 Å². The normalized spacial score (nSPS) is 10.8. The topological polar surface area (TPSA) is 73.3 Å². The van der Waals surface area contributed by atoms with Crippen LogP contribution in [0.1, 0.15) is 59.3 Å². The Bertz CT molecular complexity index is 224. The Morgan fingerprint density at radius 1 is 0.905 bits per heavy atom. The summed E-state index contributed by atoms with van der Waals surface area (Å²) in [7, 11) is 0.684. The standard InChI is InChI=1S/C14H30O4Si.Fe.O/c1-4-16-14(17-5-2,18-6-3)12-10-8-7-9-11-13(15)19;;/h4-12H2,1-3,19H3;;/q;+2;-2. The fraction of sp³-hybridized carbons (Fsp3) is 0.929. The van der Waals surface area contributed by atoms with Crippen LogP contribution in [0.3, 0.4) is 0 Å². The predicted molar refractivity (Wildman–Crippen MR) is 80.9 cm³/mol. The van der Waals surface area contributed by atoms with Crippen molar-refractivity contribution in [2.45, 2.75) is 65.3 Å². The van der Waals surface area contributed by atoms with Crippen LogP contribution in [-0.4, -0.2) is 41.4 Å². The number of ether oxygens (including phenoxy) is 3. The van der Waals surface area contributed by atoms with Crippen LogP contribution < -0.4 is 0 Å². The molecule has 0 N–H and O–H groups in total. The van der Waals surface area contributed by atoms with E-state index >= 15 is 0 Å². The number of unbranched alkanes of at least 4 members (excludes halogenated alkanes) is 3. The Morgan fingerprint density at radius 3 is 1.71 bits per heavy atom. The molecular weight excluding hydrogens is 332 g/mol. The molecule has 0 saturated heterocycles. The average Bonchev–Trinajstić information content (AvgIpc) is 2.34. The van der Waals surface area contributed by atoms with Crippen molar-refractivity contribution < 1.29 is 41.5 Å². The summed E-state index contributed by atoms with van der Waals surface area (Å²) in [5.41, 5.74) is 0. The Balaban J connectivity index is -0.00000162. The maximum atomic E-state index is 10.9. The van der Waals surface area contributed by atoms with Crippen LogP contribution in [0.2, 0.25) is 0 Å². The molecule has 0 radical (unpaired) electrons. The van der Waals surface area contributed by atoms with Gasteiger partial charge in [-0.05, 0) is 33.6 Å². The third kappa shape index (κ3) is 13.6. The molecule has 0 fully saturated rings. The summed E-state index contributed by atoms with van der Waals surface area (Å²) in [6.07, 6.45) is 5.68. The third-order valence-corrected chi connectivity index (χ3v) is 3.35. The Morgan fingerprint density at radius 2 is 1.33 bits per heavy atom. The van der Waals surface area contributed by atoms with E-state index in [1.807, 2.05) is 20.8 Å². The summed E-state index contributed by atoms with van der Waals surface area (Å²) in [5.74, 6) is -0.869. The quantitative estimate of drug-likeness (QED) is 0.285. The average molecular weight is 362 g/mol. The molecule has 0 atom stereocenters. The molecule has 0 saturated carbocycles. The minimum Gasteiger partial charge on any atom is -2.00 e. The SMILES string of the molecule is CCOC(CCCCCCC(=O)[SiH3])(OCC)OCC.[Fe+2].[O-2]. The summed E-state index contributed by atoms with van der Waals surface area (Å²) < 4.78 is 17.0. The van der Waals surface area contributed by atoms with Gasteiger partial charge in [-0.25, -0.2) is 0 Å². The van der Waals surface area contributed by atoms with Crippen LogP contribution in [-0.2, 0) is 41.5 Å². The summed E-state index contributed by atoms with van der Waals surface area (Å²) in [4.78, 5) is 10.9. The number of carbonyl (C=O) groups is 1. The molecule has 0 heterocycles. The predicted octanol–water partition coefficient (Wildman–Crippen LogP) is 1.86. The number of rotatable bonds is 13. The zero-order chi connectivity index (χ0) is 14.6. The Labute approximate surface area is 142 Å². The van der Waals surface area contributed by atoms with Crippen LogP contribution in [0.5, 0.6) is 0 Å². The van der Waals surface area contributed by atoms with Crippen molar-refractivity contribution in [3.63, 3.8) is 0 Å². The Hall–Kier alpha value is 0.246. The molecule has 0 unspecified atom stereocenters. The Kier molecular flexibility index (Phi) is 20.7. The van der Waals surface area contributed by atoms with Crippen molar-refractivity contribution in [3.05, 3.63) is 0 Å². The summed E-state index contributed by atoms with van der Waals surface area (Å²) in [5, 5.41) is 0.410. The van der Waals surface area contributed by atoms with Gasteiger partial charge < -0.3 is 24.5 Å². The molecule has 0 amide bonds. The third-order valence-electron chi connectivity index (χ3n) is 2.85. The summed E-state index contributed by atoms with van der Waals surface area (Å²) >= 11 is 0. The van der Waals surface area contributed by atoms with Gasteiger partial charge in [0.1, 0.15) is 5.41 Å². The van der Waals surface area contributed by atoms with E-state index in [0.29, 0.717) is 35.5 Å². The molecule has 0 rings (SSSR count). The molecule has 0 aromatic heterocycles. The van der Waals surface area contributed by atoms with Crippen molar-refractivity contribution in [2.24, 2.45) is 0 Å². The van der Waals surface area contributed by atoms with E-state index in [-0.39, 0.29) is 22.5 Å². The maximum absolute atomic E-state index is 10.9. The first-order valence-electron chi connectivity index (χ1n) is 7.51. The molecule has 0 aliphatic heterocycles. The molecule has 5 nitrogen and oxygen atoms in total. The first-order valence-corrected chi connectivity index (χ1v) is 8.51. The first kappa shape index (κ1) is 26.2. The van der Waals surface area contributed by atoms with Gasteiger partial charge in [0.15, 0.2) is 0 Å². The number of carbonyl (C=O) groups excluding carboxylic acids is 1. The molecule has 0 spiro atoms. The zero-order valence-corrected chi connectivity index (χ0v) is 16.9. The molecule has 0 bridgehead atoms. The molecule has 0 aliphatic rings. The van der Waals surface area contributed by atoms with Gasteiger partial charge in [-0.3, -0.25) is 0 Å². The van der Waals surface area contributed by atoms with Crippen molar-refractivity contribution >= 4 is 15.6 Å². The van der Waals surface area contributed by atoms with Gasteiger partial charge in [0.05, 0.1) is 10.2 Å². The van der Waals surface area contributed by atoms with Gasteiger partial charge in [-0.1, -0.05) is 12.8 Å². The fourth-order valence-corrected chi connectivity index (χ4v) is 2.42. The maximum Gasteiger partial charge on any atom is 2.00 e. The molecule has 128 valence electrons. The minimum absolute atomic E-state index is 0. The van der Waals surface area contributed by atoms with Crippen LogP contribution in [0.25, 0.3) is 0 Å². The molecule has 0 aromatic rings. The van der Waals surface area contributed by atoms with Gasteiger partial charge in [0.25, 0.3) is 5.97 Å². The van der Waals surface area contributed by atoms with Gasteiger partial charge in [-0.15, -0.1) is 0 Å². The van der Waals surface area contributed by atoms with E-state index in [0.717, 1.165) is 38.5 Å². The number of hydrogen-bond donors (Lipinski definition) is 0. The van der Waals surface area contributed by atoms with Gasteiger partial charge in [-0.2, -0.15) is 0 Å². The zero-order valence-electron chi connectivity index (χ0n) is 13.8. The monoisotopic (exact) mass is 362 g/mol. The molecule has 0 aromatic carbocycles. The van der Waals surface area contributed by atoms with Gasteiger partial charge >= 0.3 is 17.1 Å². The van der Waals surface area contributed by atoms with Crippen molar-refractivity contribution in [1.29, 1.82) is 0 Å². The first-order chi connectivity index (χ1) is 9.10.